The van der Waals surface area contributed by atoms with Gasteiger partial charge < -0.3 is 15.9 Å². The van der Waals surface area contributed by atoms with Crippen molar-refractivity contribution in [3.63, 3.8) is 0 Å². The van der Waals surface area contributed by atoms with Crippen LogP contribution < -0.4 is 5.73 Å². The van der Waals surface area contributed by atoms with Crippen LogP contribution in [0.2, 0.25) is 0 Å². The van der Waals surface area contributed by atoms with Crippen molar-refractivity contribution < 1.29 is 19.0 Å². The molecule has 0 radical (unpaired) electrons. The number of phenols is 1. The molecule has 0 spiro atoms. The zero-order valence-electron chi connectivity index (χ0n) is 8.19. The molecule has 0 saturated carbocycles. The van der Waals surface area contributed by atoms with Gasteiger partial charge >= 0.3 is 0 Å². The Kier molecular flexibility index (Phi) is 3.60. The van der Waals surface area contributed by atoms with Crippen molar-refractivity contribution in [3.05, 3.63) is 29.3 Å². The van der Waals surface area contributed by atoms with E-state index in [0.29, 0.717) is 0 Å². The average molecular weight is 217 g/mol. The second kappa shape index (κ2) is 4.55. The number of alkyl halides is 2. The summed E-state index contributed by atoms with van der Waals surface area (Å²) in [6.07, 6.45) is -3.70. The van der Waals surface area contributed by atoms with Gasteiger partial charge in [0.1, 0.15) is 5.75 Å². The van der Waals surface area contributed by atoms with E-state index in [2.05, 4.69) is 0 Å². The highest BCUT2D eigenvalue weighted by Crippen LogP contribution is 2.30. The highest BCUT2D eigenvalue weighted by atomic mass is 19.3. The van der Waals surface area contributed by atoms with Crippen LogP contribution in [-0.4, -0.2) is 16.3 Å². The van der Waals surface area contributed by atoms with Gasteiger partial charge in [0.15, 0.2) is 0 Å². The predicted octanol–water partition coefficient (Wildman–Crippen LogP) is 1.71. The molecule has 3 nitrogen and oxygen atoms in total. The number of aromatic hydroxyl groups is 1. The van der Waals surface area contributed by atoms with Crippen molar-refractivity contribution in [2.45, 2.75) is 25.5 Å². The van der Waals surface area contributed by atoms with Crippen LogP contribution in [0.4, 0.5) is 8.78 Å². The van der Waals surface area contributed by atoms with Crippen LogP contribution in [0.15, 0.2) is 18.2 Å². The lowest BCUT2D eigenvalue weighted by molar-refractivity contribution is 0.145. The quantitative estimate of drug-likeness (QED) is 0.722. The van der Waals surface area contributed by atoms with Crippen LogP contribution in [0.25, 0.3) is 0 Å². The topological polar surface area (TPSA) is 66.5 Å². The maximum Gasteiger partial charge on any atom is 0.263 e. The van der Waals surface area contributed by atoms with E-state index in [9.17, 15) is 19.0 Å². The van der Waals surface area contributed by atoms with Crippen LogP contribution in [0.3, 0.4) is 0 Å². The number of aliphatic hydroxyl groups excluding tert-OH is 1. The lowest BCUT2D eigenvalue weighted by Gasteiger charge is -2.16. The first-order valence-corrected chi connectivity index (χ1v) is 4.48. The number of aliphatic hydroxyl groups is 1. The van der Waals surface area contributed by atoms with Gasteiger partial charge in [0.25, 0.3) is 6.43 Å². The second-order valence-electron chi connectivity index (χ2n) is 3.42. The fourth-order valence-electron chi connectivity index (χ4n) is 1.23. The number of benzene rings is 1. The largest absolute Gasteiger partial charge is 0.508 e. The molecule has 1 aromatic rings. The standard InChI is InChI=1S/C10H13F2NO2/c1-5(13)9(15)7-3-2-6(10(11)12)4-8(7)14/h2-5,9-10,14-15H,13H2,1H3. The second-order valence-corrected chi connectivity index (χ2v) is 3.42. The first kappa shape index (κ1) is 11.9. The van der Waals surface area contributed by atoms with Crippen LogP contribution >= 0.6 is 0 Å². The van der Waals surface area contributed by atoms with Gasteiger partial charge in [-0.3, -0.25) is 0 Å². The monoisotopic (exact) mass is 217 g/mol. The van der Waals surface area contributed by atoms with Crippen molar-refractivity contribution in [3.8, 4) is 5.75 Å². The van der Waals surface area contributed by atoms with Gasteiger partial charge in [-0.15, -0.1) is 0 Å². The minimum atomic E-state index is -2.64. The number of phenolic OH excluding ortho intramolecular Hbond substituents is 1. The van der Waals surface area contributed by atoms with Gasteiger partial charge in [-0.05, 0) is 13.0 Å². The predicted molar refractivity (Wildman–Crippen MR) is 51.7 cm³/mol. The number of halogens is 2. The Morgan fingerprint density at radius 1 is 1.33 bits per heavy atom. The molecule has 0 heterocycles. The minimum Gasteiger partial charge on any atom is -0.508 e. The molecule has 0 saturated heterocycles. The van der Waals surface area contributed by atoms with Crippen LogP contribution in [0.5, 0.6) is 5.75 Å². The zero-order valence-corrected chi connectivity index (χ0v) is 8.19. The summed E-state index contributed by atoms with van der Waals surface area (Å²) < 4.78 is 24.5. The normalized spacial score (nSPS) is 15.3. The summed E-state index contributed by atoms with van der Waals surface area (Å²) >= 11 is 0. The van der Waals surface area contributed by atoms with Crippen molar-refractivity contribution >= 4 is 0 Å². The molecular formula is C10H13F2NO2. The Balaban J connectivity index is 3.03. The van der Waals surface area contributed by atoms with Crippen molar-refractivity contribution in [2.75, 3.05) is 0 Å². The minimum absolute atomic E-state index is 0.161. The molecule has 0 aliphatic rings. The molecule has 0 bridgehead atoms. The Morgan fingerprint density at radius 3 is 2.33 bits per heavy atom. The van der Waals surface area contributed by atoms with Gasteiger partial charge in [-0.2, -0.15) is 0 Å². The van der Waals surface area contributed by atoms with E-state index in [1.807, 2.05) is 0 Å². The van der Waals surface area contributed by atoms with Crippen LogP contribution in [-0.2, 0) is 0 Å². The molecule has 5 heteroatoms. The first-order valence-electron chi connectivity index (χ1n) is 4.48. The Labute approximate surface area is 86.2 Å². The Bertz CT molecular complexity index is 342. The summed E-state index contributed by atoms with van der Waals surface area (Å²) in [5.41, 5.74) is 5.30. The summed E-state index contributed by atoms with van der Waals surface area (Å²) in [4.78, 5) is 0. The number of rotatable bonds is 3. The van der Waals surface area contributed by atoms with E-state index in [0.717, 1.165) is 12.1 Å². The smallest absolute Gasteiger partial charge is 0.263 e. The van der Waals surface area contributed by atoms with E-state index in [1.165, 1.54) is 6.07 Å². The van der Waals surface area contributed by atoms with E-state index < -0.39 is 18.6 Å². The number of hydrogen-bond donors (Lipinski definition) is 3. The SMILES string of the molecule is CC(N)C(O)c1ccc(C(F)F)cc1O. The molecule has 2 unspecified atom stereocenters. The van der Waals surface area contributed by atoms with Crippen LogP contribution in [0.1, 0.15) is 30.6 Å². The molecule has 15 heavy (non-hydrogen) atoms. The maximum absolute atomic E-state index is 12.2. The number of nitrogens with two attached hydrogens (primary N) is 1. The summed E-state index contributed by atoms with van der Waals surface area (Å²) in [5, 5.41) is 18.9. The highest BCUT2D eigenvalue weighted by Gasteiger charge is 2.18. The fourth-order valence-corrected chi connectivity index (χ4v) is 1.23. The van der Waals surface area contributed by atoms with Gasteiger partial charge in [-0.1, -0.05) is 12.1 Å². The molecule has 0 amide bonds. The van der Waals surface area contributed by atoms with Gasteiger partial charge in [0, 0.05) is 17.2 Å². The van der Waals surface area contributed by atoms with Crippen molar-refractivity contribution in [1.82, 2.24) is 0 Å². The Hall–Kier alpha value is -1.20. The molecule has 1 aromatic carbocycles. The molecular weight excluding hydrogens is 204 g/mol. The van der Waals surface area contributed by atoms with E-state index >= 15 is 0 Å². The summed E-state index contributed by atoms with van der Waals surface area (Å²) in [6.45, 7) is 1.56. The summed E-state index contributed by atoms with van der Waals surface area (Å²) in [6, 6.07) is 2.77. The molecule has 0 aliphatic heterocycles. The molecule has 1 rings (SSSR count). The lowest BCUT2D eigenvalue weighted by atomic mass is 10.0. The third-order valence-electron chi connectivity index (χ3n) is 2.12. The molecule has 0 fully saturated rings. The Morgan fingerprint density at radius 2 is 1.93 bits per heavy atom. The van der Waals surface area contributed by atoms with E-state index in [4.69, 9.17) is 5.73 Å². The summed E-state index contributed by atoms with van der Waals surface area (Å²) in [5.74, 6) is -0.363. The van der Waals surface area contributed by atoms with E-state index in [-0.39, 0.29) is 16.9 Å². The first-order chi connectivity index (χ1) is 6.93. The third-order valence-corrected chi connectivity index (χ3v) is 2.12. The molecule has 0 aliphatic carbocycles. The van der Waals surface area contributed by atoms with Gasteiger partial charge in [-0.25, -0.2) is 8.78 Å². The summed E-state index contributed by atoms with van der Waals surface area (Å²) in [7, 11) is 0. The molecule has 84 valence electrons. The molecule has 0 aromatic heterocycles. The van der Waals surface area contributed by atoms with Gasteiger partial charge in [0.2, 0.25) is 0 Å². The molecule has 4 N–H and O–H groups in total. The van der Waals surface area contributed by atoms with Crippen LogP contribution in [0, 0.1) is 0 Å². The fraction of sp³-hybridized carbons (Fsp3) is 0.400. The average Bonchev–Trinajstić information content (AvgIpc) is 2.16. The van der Waals surface area contributed by atoms with Crippen molar-refractivity contribution in [2.24, 2.45) is 5.73 Å². The third kappa shape index (κ3) is 2.64. The van der Waals surface area contributed by atoms with Gasteiger partial charge in [0.05, 0.1) is 6.10 Å². The zero-order chi connectivity index (χ0) is 11.6. The molecule has 2 atom stereocenters. The lowest BCUT2D eigenvalue weighted by Crippen LogP contribution is -2.24. The maximum atomic E-state index is 12.2. The highest BCUT2D eigenvalue weighted by molar-refractivity contribution is 5.38. The van der Waals surface area contributed by atoms with Crippen molar-refractivity contribution in [1.29, 1.82) is 0 Å². The number of hydrogen-bond acceptors (Lipinski definition) is 3. The van der Waals surface area contributed by atoms with E-state index in [1.54, 1.807) is 6.92 Å².